The largest absolute Gasteiger partial charge is 0.352 e. The lowest BCUT2D eigenvalue weighted by atomic mass is 10.2. The van der Waals surface area contributed by atoms with Gasteiger partial charge in [0.05, 0.1) is 5.25 Å². The first kappa shape index (κ1) is 15.2. The third-order valence-electron chi connectivity index (χ3n) is 3.34. The molecule has 0 saturated heterocycles. The van der Waals surface area contributed by atoms with Gasteiger partial charge in [0.2, 0.25) is 11.1 Å². The molecule has 0 radical (unpaired) electrons. The van der Waals surface area contributed by atoms with Crippen molar-refractivity contribution in [1.82, 2.24) is 20.2 Å². The number of amides is 1. The summed E-state index contributed by atoms with van der Waals surface area (Å²) in [6, 6.07) is 7.53. The first-order chi connectivity index (χ1) is 10.5. The Hall–Kier alpha value is -1.73. The minimum absolute atomic E-state index is 0.00328. The van der Waals surface area contributed by atoms with Crippen LogP contribution in [0.2, 0.25) is 5.02 Å². The Morgan fingerprint density at radius 2 is 2.09 bits per heavy atom. The normalized spacial score (nSPS) is 15.5. The number of nitrogens with one attached hydrogen (secondary N) is 1. The molecule has 1 unspecified atom stereocenters. The Kier molecular flexibility index (Phi) is 4.26. The molecule has 1 aromatic heterocycles. The summed E-state index contributed by atoms with van der Waals surface area (Å²) in [6.07, 6.45) is 2.13. The highest BCUT2D eigenvalue weighted by atomic mass is 35.5. The van der Waals surface area contributed by atoms with Gasteiger partial charge in [0.25, 0.3) is 0 Å². The zero-order chi connectivity index (χ0) is 15.7. The highest BCUT2D eigenvalue weighted by Gasteiger charge is 2.27. The summed E-state index contributed by atoms with van der Waals surface area (Å²) >= 11 is 7.16. The van der Waals surface area contributed by atoms with Crippen molar-refractivity contribution in [3.63, 3.8) is 0 Å². The number of hydrogen-bond donors (Lipinski definition) is 2. The van der Waals surface area contributed by atoms with Crippen molar-refractivity contribution in [3.05, 3.63) is 29.3 Å². The first-order valence-electron chi connectivity index (χ1n) is 6.98. The average Bonchev–Trinajstić information content (AvgIpc) is 3.24. The van der Waals surface area contributed by atoms with Crippen molar-refractivity contribution in [3.8, 4) is 11.4 Å². The standard InChI is InChI=1S/C14H16ClN5OS/c1-8(13(21)17-11-6-7-11)22-14-19-18-12(20(14)16)9-2-4-10(15)5-3-9/h2-5,8,11H,6-7,16H2,1H3,(H,17,21). The molecule has 1 fully saturated rings. The Labute approximate surface area is 137 Å². The molecule has 8 heteroatoms. The zero-order valence-electron chi connectivity index (χ0n) is 12.0. The van der Waals surface area contributed by atoms with E-state index in [2.05, 4.69) is 15.5 Å². The molecule has 0 spiro atoms. The van der Waals surface area contributed by atoms with Crippen molar-refractivity contribution in [1.29, 1.82) is 0 Å². The second-order valence-electron chi connectivity index (χ2n) is 5.23. The molecular weight excluding hydrogens is 322 g/mol. The van der Waals surface area contributed by atoms with E-state index in [1.165, 1.54) is 16.4 Å². The van der Waals surface area contributed by atoms with E-state index in [-0.39, 0.29) is 11.2 Å². The number of carbonyl (C=O) groups is 1. The van der Waals surface area contributed by atoms with Gasteiger partial charge >= 0.3 is 0 Å². The predicted octanol–water partition coefficient (Wildman–Crippen LogP) is 2.07. The van der Waals surface area contributed by atoms with Crippen molar-refractivity contribution in [2.45, 2.75) is 36.2 Å². The minimum atomic E-state index is -0.273. The third-order valence-corrected chi connectivity index (χ3v) is 4.65. The molecule has 2 aromatic rings. The van der Waals surface area contributed by atoms with Crippen molar-refractivity contribution in [2.24, 2.45) is 0 Å². The van der Waals surface area contributed by atoms with E-state index < -0.39 is 0 Å². The zero-order valence-corrected chi connectivity index (χ0v) is 13.6. The first-order valence-corrected chi connectivity index (χ1v) is 8.24. The highest BCUT2D eigenvalue weighted by molar-refractivity contribution is 8.00. The summed E-state index contributed by atoms with van der Waals surface area (Å²) in [5.74, 6) is 6.58. The lowest BCUT2D eigenvalue weighted by Gasteiger charge is -2.10. The summed E-state index contributed by atoms with van der Waals surface area (Å²) in [4.78, 5) is 12.0. The number of halogens is 1. The molecular formula is C14H16ClN5OS. The van der Waals surface area contributed by atoms with Gasteiger partial charge < -0.3 is 11.2 Å². The minimum Gasteiger partial charge on any atom is -0.352 e. The number of nitrogens with zero attached hydrogens (tertiary/aromatic N) is 3. The number of thioether (sulfide) groups is 1. The number of aromatic nitrogens is 3. The second kappa shape index (κ2) is 6.18. The summed E-state index contributed by atoms with van der Waals surface area (Å²) in [6.45, 7) is 1.83. The second-order valence-corrected chi connectivity index (χ2v) is 6.97. The summed E-state index contributed by atoms with van der Waals surface area (Å²) in [5.41, 5.74) is 0.821. The molecule has 1 amide bonds. The van der Waals surface area contributed by atoms with Gasteiger partial charge in [-0.25, -0.2) is 4.68 Å². The van der Waals surface area contributed by atoms with Crippen LogP contribution in [0.25, 0.3) is 11.4 Å². The average molecular weight is 338 g/mol. The van der Waals surface area contributed by atoms with Crippen molar-refractivity contribution >= 4 is 29.3 Å². The van der Waals surface area contributed by atoms with E-state index in [4.69, 9.17) is 17.4 Å². The fourth-order valence-electron chi connectivity index (χ4n) is 1.91. The topological polar surface area (TPSA) is 85.8 Å². The Bertz CT molecular complexity index is 683. The van der Waals surface area contributed by atoms with Gasteiger partial charge in [-0.2, -0.15) is 0 Å². The Morgan fingerprint density at radius 3 is 2.73 bits per heavy atom. The number of rotatable bonds is 5. The van der Waals surface area contributed by atoms with Crippen molar-refractivity contribution in [2.75, 3.05) is 5.84 Å². The van der Waals surface area contributed by atoms with Gasteiger partial charge in [0.15, 0.2) is 5.82 Å². The number of nitrogens with two attached hydrogens (primary N) is 1. The molecule has 0 aliphatic heterocycles. The molecule has 6 nitrogen and oxygen atoms in total. The maximum atomic E-state index is 12.0. The molecule has 22 heavy (non-hydrogen) atoms. The van der Waals surface area contributed by atoms with E-state index >= 15 is 0 Å². The van der Waals surface area contributed by atoms with E-state index in [0.717, 1.165) is 18.4 Å². The third kappa shape index (κ3) is 3.36. The SMILES string of the molecule is CC(Sc1nnc(-c2ccc(Cl)cc2)n1N)C(=O)NC1CC1. The lowest BCUT2D eigenvalue weighted by Crippen LogP contribution is -2.32. The van der Waals surface area contributed by atoms with Crippen LogP contribution in [0.3, 0.4) is 0 Å². The van der Waals surface area contributed by atoms with Crippen LogP contribution in [0.1, 0.15) is 19.8 Å². The number of benzene rings is 1. The molecule has 1 aromatic carbocycles. The van der Waals surface area contributed by atoms with E-state index in [9.17, 15) is 4.79 Å². The molecule has 116 valence electrons. The maximum absolute atomic E-state index is 12.0. The molecule has 3 rings (SSSR count). The molecule has 3 N–H and O–H groups in total. The van der Waals surface area contributed by atoms with Crippen LogP contribution in [0.4, 0.5) is 0 Å². The van der Waals surface area contributed by atoms with Crippen LogP contribution in [-0.4, -0.2) is 32.1 Å². The quantitative estimate of drug-likeness (QED) is 0.644. The summed E-state index contributed by atoms with van der Waals surface area (Å²) in [7, 11) is 0. The van der Waals surface area contributed by atoms with Gasteiger partial charge in [0.1, 0.15) is 0 Å². The predicted molar refractivity (Wildman–Crippen MR) is 87.1 cm³/mol. The van der Waals surface area contributed by atoms with Gasteiger partial charge in [-0.1, -0.05) is 23.4 Å². The van der Waals surface area contributed by atoms with Crippen LogP contribution in [0.5, 0.6) is 0 Å². The molecule has 1 aliphatic carbocycles. The van der Waals surface area contributed by atoms with Gasteiger partial charge in [-0.3, -0.25) is 4.79 Å². The van der Waals surface area contributed by atoms with Gasteiger partial charge in [-0.05, 0) is 44.0 Å². The smallest absolute Gasteiger partial charge is 0.233 e. The monoisotopic (exact) mass is 337 g/mol. The number of nitrogen functional groups attached to an aromatic ring is 1. The fourth-order valence-corrected chi connectivity index (χ4v) is 2.82. The summed E-state index contributed by atoms with van der Waals surface area (Å²) < 4.78 is 1.40. The van der Waals surface area contributed by atoms with Gasteiger partial charge in [0, 0.05) is 16.6 Å². The van der Waals surface area contributed by atoms with Crippen LogP contribution >= 0.6 is 23.4 Å². The lowest BCUT2D eigenvalue weighted by molar-refractivity contribution is -0.120. The maximum Gasteiger partial charge on any atom is 0.233 e. The highest BCUT2D eigenvalue weighted by Crippen LogP contribution is 2.26. The van der Waals surface area contributed by atoms with Crippen molar-refractivity contribution < 1.29 is 4.79 Å². The Balaban J connectivity index is 1.72. The molecule has 1 atom stereocenters. The van der Waals surface area contributed by atoms with E-state index in [0.29, 0.717) is 22.0 Å². The summed E-state index contributed by atoms with van der Waals surface area (Å²) in [5, 5.41) is 12.0. The Morgan fingerprint density at radius 1 is 1.41 bits per heavy atom. The van der Waals surface area contributed by atoms with E-state index in [1.54, 1.807) is 12.1 Å². The number of carbonyl (C=O) groups excluding carboxylic acids is 1. The molecule has 1 heterocycles. The number of hydrogen-bond acceptors (Lipinski definition) is 5. The van der Waals surface area contributed by atoms with Crippen LogP contribution in [-0.2, 0) is 4.79 Å². The molecule has 1 aliphatic rings. The van der Waals surface area contributed by atoms with E-state index in [1.807, 2.05) is 19.1 Å². The fraction of sp³-hybridized carbons (Fsp3) is 0.357. The van der Waals surface area contributed by atoms with Gasteiger partial charge in [-0.15, -0.1) is 10.2 Å². The van der Waals surface area contributed by atoms with Crippen LogP contribution in [0.15, 0.2) is 29.4 Å². The molecule has 1 saturated carbocycles. The van der Waals surface area contributed by atoms with Crippen LogP contribution < -0.4 is 11.2 Å². The van der Waals surface area contributed by atoms with Crippen LogP contribution in [0, 0.1) is 0 Å². The molecule has 0 bridgehead atoms.